The number of carbonyl (C=O) groups excluding carboxylic acids is 1. The van der Waals surface area contributed by atoms with Crippen LogP contribution in [0.25, 0.3) is 0 Å². The molecule has 0 unspecified atom stereocenters. The monoisotopic (exact) mass is 249 g/mol. The number of aliphatic carboxylic acids is 1. The van der Waals surface area contributed by atoms with E-state index in [0.717, 1.165) is 12.1 Å². The molecule has 0 aromatic carbocycles. The number of nitrogens with zero attached hydrogens (tertiary/aromatic N) is 2. The fraction of sp³-hybridized carbons (Fsp3) is 0.500. The Morgan fingerprint density at radius 3 is 2.56 bits per heavy atom. The van der Waals surface area contributed by atoms with Gasteiger partial charge in [0.05, 0.1) is 24.1 Å². The number of aryl methyl sites for hydroxylation is 1. The highest BCUT2D eigenvalue weighted by atomic mass is 16.4. The Morgan fingerprint density at radius 1 is 1.39 bits per heavy atom. The normalized spacial score (nSPS) is 16.7. The first-order valence-corrected chi connectivity index (χ1v) is 5.84. The van der Waals surface area contributed by atoms with E-state index >= 15 is 0 Å². The summed E-state index contributed by atoms with van der Waals surface area (Å²) in [7, 11) is 0. The Morgan fingerprint density at radius 2 is 2.11 bits per heavy atom. The van der Waals surface area contributed by atoms with E-state index in [-0.39, 0.29) is 6.54 Å². The Labute approximate surface area is 104 Å². The predicted molar refractivity (Wildman–Crippen MR) is 62.5 cm³/mol. The zero-order valence-electron chi connectivity index (χ0n) is 10.1. The summed E-state index contributed by atoms with van der Waals surface area (Å²) < 4.78 is 0. The van der Waals surface area contributed by atoms with Gasteiger partial charge in [0.2, 0.25) is 5.91 Å². The van der Waals surface area contributed by atoms with Crippen molar-refractivity contribution in [3.8, 4) is 0 Å². The second kappa shape index (κ2) is 4.72. The van der Waals surface area contributed by atoms with Gasteiger partial charge in [-0.3, -0.25) is 19.6 Å². The number of hydrogen-bond acceptors (Lipinski definition) is 4. The summed E-state index contributed by atoms with van der Waals surface area (Å²) in [5.74, 6) is -1.47. The fourth-order valence-corrected chi connectivity index (χ4v) is 1.92. The molecule has 2 rings (SSSR count). The summed E-state index contributed by atoms with van der Waals surface area (Å²) in [6.07, 6.45) is 4.78. The summed E-state index contributed by atoms with van der Waals surface area (Å²) >= 11 is 0. The molecule has 0 aliphatic heterocycles. The minimum atomic E-state index is -1.22. The predicted octanol–water partition coefficient (Wildman–Crippen LogP) is 0.656. The SMILES string of the molecule is Cc1cnc(CNC(=O)C2(C(=O)O)CCC2)cn1. The third kappa shape index (κ3) is 2.18. The zero-order chi connectivity index (χ0) is 13.2. The Kier molecular flexibility index (Phi) is 3.27. The summed E-state index contributed by atoms with van der Waals surface area (Å²) in [6, 6.07) is 0. The van der Waals surface area contributed by atoms with Crippen LogP contribution in [0.15, 0.2) is 12.4 Å². The van der Waals surface area contributed by atoms with Crippen molar-refractivity contribution in [3.05, 3.63) is 23.8 Å². The van der Waals surface area contributed by atoms with Gasteiger partial charge < -0.3 is 10.4 Å². The Hall–Kier alpha value is -1.98. The van der Waals surface area contributed by atoms with Crippen LogP contribution < -0.4 is 5.32 Å². The molecule has 1 aromatic rings. The number of carboxylic acids is 1. The molecule has 0 atom stereocenters. The van der Waals surface area contributed by atoms with Crippen molar-refractivity contribution in [1.82, 2.24) is 15.3 Å². The van der Waals surface area contributed by atoms with E-state index in [1.165, 1.54) is 0 Å². The molecule has 0 radical (unpaired) electrons. The van der Waals surface area contributed by atoms with Crippen LogP contribution in [0, 0.1) is 12.3 Å². The molecule has 0 spiro atoms. The van der Waals surface area contributed by atoms with Gasteiger partial charge >= 0.3 is 5.97 Å². The van der Waals surface area contributed by atoms with E-state index in [1.54, 1.807) is 12.4 Å². The van der Waals surface area contributed by atoms with Crippen molar-refractivity contribution in [2.75, 3.05) is 0 Å². The lowest BCUT2D eigenvalue weighted by molar-refractivity contribution is -0.162. The van der Waals surface area contributed by atoms with Gasteiger partial charge in [-0.1, -0.05) is 6.42 Å². The highest BCUT2D eigenvalue weighted by molar-refractivity contribution is 6.02. The number of carboxylic acid groups (broad SMARTS) is 1. The minimum absolute atomic E-state index is 0.209. The zero-order valence-corrected chi connectivity index (χ0v) is 10.1. The van der Waals surface area contributed by atoms with Crippen molar-refractivity contribution < 1.29 is 14.7 Å². The maximum atomic E-state index is 11.9. The van der Waals surface area contributed by atoms with Crippen LogP contribution in [0.2, 0.25) is 0 Å². The van der Waals surface area contributed by atoms with Gasteiger partial charge in [-0.2, -0.15) is 0 Å². The molecule has 1 amide bonds. The number of aromatic nitrogens is 2. The second-order valence-electron chi connectivity index (χ2n) is 4.57. The van der Waals surface area contributed by atoms with Crippen LogP contribution in [-0.2, 0) is 16.1 Å². The van der Waals surface area contributed by atoms with Crippen molar-refractivity contribution in [3.63, 3.8) is 0 Å². The lowest BCUT2D eigenvalue weighted by Crippen LogP contribution is -2.50. The maximum Gasteiger partial charge on any atom is 0.319 e. The standard InChI is InChI=1S/C12H15N3O3/c1-8-5-14-9(6-13-8)7-15-10(16)12(11(17)18)3-2-4-12/h5-6H,2-4,7H2,1H3,(H,15,16)(H,17,18). The van der Waals surface area contributed by atoms with Crippen LogP contribution in [0.5, 0.6) is 0 Å². The first-order chi connectivity index (χ1) is 8.54. The van der Waals surface area contributed by atoms with E-state index in [2.05, 4.69) is 15.3 Å². The number of nitrogens with one attached hydrogen (secondary N) is 1. The number of hydrogen-bond donors (Lipinski definition) is 2. The summed E-state index contributed by atoms with van der Waals surface area (Å²) in [5.41, 5.74) is 0.192. The van der Waals surface area contributed by atoms with Crippen molar-refractivity contribution in [2.24, 2.45) is 5.41 Å². The Balaban J connectivity index is 1.96. The van der Waals surface area contributed by atoms with E-state index in [9.17, 15) is 9.59 Å². The van der Waals surface area contributed by atoms with Gasteiger partial charge in [0, 0.05) is 6.20 Å². The molecule has 1 heterocycles. The van der Waals surface area contributed by atoms with E-state index in [4.69, 9.17) is 5.11 Å². The summed E-state index contributed by atoms with van der Waals surface area (Å²) in [6.45, 7) is 2.03. The van der Waals surface area contributed by atoms with Crippen LogP contribution in [0.1, 0.15) is 30.7 Å². The molecule has 1 aromatic heterocycles. The third-order valence-electron chi connectivity index (χ3n) is 3.32. The largest absolute Gasteiger partial charge is 0.480 e. The molecule has 0 bridgehead atoms. The van der Waals surface area contributed by atoms with Crippen molar-refractivity contribution in [1.29, 1.82) is 0 Å². The highest BCUT2D eigenvalue weighted by Crippen LogP contribution is 2.41. The van der Waals surface area contributed by atoms with Crippen LogP contribution in [0.3, 0.4) is 0 Å². The van der Waals surface area contributed by atoms with Crippen LogP contribution >= 0.6 is 0 Å². The smallest absolute Gasteiger partial charge is 0.319 e. The molecule has 6 heteroatoms. The van der Waals surface area contributed by atoms with Crippen molar-refractivity contribution in [2.45, 2.75) is 32.7 Å². The average Bonchev–Trinajstić information content (AvgIpc) is 2.26. The van der Waals surface area contributed by atoms with Gasteiger partial charge in [-0.25, -0.2) is 0 Å². The van der Waals surface area contributed by atoms with Gasteiger partial charge in [0.15, 0.2) is 0 Å². The third-order valence-corrected chi connectivity index (χ3v) is 3.32. The molecule has 1 aliphatic rings. The van der Waals surface area contributed by atoms with Gasteiger partial charge in [0.25, 0.3) is 0 Å². The average molecular weight is 249 g/mol. The van der Waals surface area contributed by atoms with Crippen LogP contribution in [0.4, 0.5) is 0 Å². The second-order valence-corrected chi connectivity index (χ2v) is 4.57. The van der Waals surface area contributed by atoms with Crippen molar-refractivity contribution >= 4 is 11.9 Å². The molecular weight excluding hydrogens is 234 g/mol. The Bertz CT molecular complexity index is 466. The first kappa shape index (κ1) is 12.5. The number of rotatable bonds is 4. The lowest BCUT2D eigenvalue weighted by atomic mass is 9.68. The summed E-state index contributed by atoms with van der Waals surface area (Å²) in [5, 5.41) is 11.7. The molecule has 96 valence electrons. The molecular formula is C12H15N3O3. The fourth-order valence-electron chi connectivity index (χ4n) is 1.92. The molecule has 0 saturated heterocycles. The van der Waals surface area contributed by atoms with Gasteiger partial charge in [-0.05, 0) is 19.8 Å². The quantitative estimate of drug-likeness (QED) is 0.764. The number of amides is 1. The van der Waals surface area contributed by atoms with E-state index < -0.39 is 17.3 Å². The minimum Gasteiger partial charge on any atom is -0.480 e. The molecule has 1 fully saturated rings. The molecule has 2 N–H and O–H groups in total. The topological polar surface area (TPSA) is 92.2 Å². The molecule has 1 aliphatic carbocycles. The van der Waals surface area contributed by atoms with Gasteiger partial charge in [-0.15, -0.1) is 0 Å². The highest BCUT2D eigenvalue weighted by Gasteiger charge is 2.51. The maximum absolute atomic E-state index is 11.9. The first-order valence-electron chi connectivity index (χ1n) is 5.84. The van der Waals surface area contributed by atoms with E-state index in [1.807, 2.05) is 6.92 Å². The summed E-state index contributed by atoms with van der Waals surface area (Å²) in [4.78, 5) is 31.2. The molecule has 6 nitrogen and oxygen atoms in total. The van der Waals surface area contributed by atoms with Crippen LogP contribution in [-0.4, -0.2) is 27.0 Å². The molecule has 18 heavy (non-hydrogen) atoms. The van der Waals surface area contributed by atoms with E-state index in [0.29, 0.717) is 18.5 Å². The number of carbonyl (C=O) groups is 2. The lowest BCUT2D eigenvalue weighted by Gasteiger charge is -2.35. The molecule has 1 saturated carbocycles. The van der Waals surface area contributed by atoms with Gasteiger partial charge in [0.1, 0.15) is 5.41 Å².